The highest BCUT2D eigenvalue weighted by atomic mass is 32.2. The van der Waals surface area contributed by atoms with Gasteiger partial charge in [0.2, 0.25) is 5.82 Å². The van der Waals surface area contributed by atoms with Crippen LogP contribution in [0.2, 0.25) is 0 Å². The zero-order valence-corrected chi connectivity index (χ0v) is 12.1. The van der Waals surface area contributed by atoms with Crippen molar-refractivity contribution in [2.45, 2.75) is 23.0 Å². The van der Waals surface area contributed by atoms with Crippen LogP contribution in [0.25, 0.3) is 0 Å². The molecule has 0 aliphatic carbocycles. The minimum Gasteiger partial charge on any atom is -0.480 e. The van der Waals surface area contributed by atoms with Gasteiger partial charge in [0.1, 0.15) is 5.75 Å². The van der Waals surface area contributed by atoms with Gasteiger partial charge >= 0.3 is 0 Å². The third-order valence-electron chi connectivity index (χ3n) is 3.77. The second kappa shape index (κ2) is 5.01. The van der Waals surface area contributed by atoms with E-state index in [4.69, 9.17) is 9.26 Å². The van der Waals surface area contributed by atoms with Gasteiger partial charge in [0.25, 0.3) is 5.89 Å². The molecule has 1 aromatic heterocycles. The van der Waals surface area contributed by atoms with Crippen LogP contribution >= 0.6 is 11.8 Å². The Morgan fingerprint density at radius 1 is 1.38 bits per heavy atom. The number of nitrogens with one attached hydrogen (secondary N) is 1. The van der Waals surface area contributed by atoms with E-state index in [0.29, 0.717) is 18.8 Å². The maximum absolute atomic E-state index is 10.4. The number of hydrogen-bond donors (Lipinski definition) is 2. The average molecular weight is 305 g/mol. The molecule has 110 valence electrons. The minimum atomic E-state index is -1.05. The van der Waals surface area contributed by atoms with Crippen LogP contribution in [-0.4, -0.2) is 34.1 Å². The summed E-state index contributed by atoms with van der Waals surface area (Å²) in [4.78, 5) is 5.48. The number of aliphatic hydroxyl groups is 1. The molecular weight excluding hydrogens is 290 g/mol. The lowest BCUT2D eigenvalue weighted by atomic mass is 10.0. The summed E-state index contributed by atoms with van der Waals surface area (Å²) in [5.74, 6) is 2.33. The molecule has 6 nitrogen and oxygen atoms in total. The lowest BCUT2D eigenvalue weighted by Gasteiger charge is -2.23. The van der Waals surface area contributed by atoms with E-state index in [2.05, 4.69) is 15.5 Å². The number of thioether (sulfide) groups is 1. The normalized spacial score (nSPS) is 28.1. The van der Waals surface area contributed by atoms with Gasteiger partial charge in [-0.2, -0.15) is 4.98 Å². The Hall–Kier alpha value is -1.57. The molecule has 1 fully saturated rings. The first-order valence-electron chi connectivity index (χ1n) is 6.90. The molecule has 0 amide bonds. The van der Waals surface area contributed by atoms with E-state index in [1.807, 2.05) is 24.3 Å². The van der Waals surface area contributed by atoms with E-state index in [1.165, 1.54) is 0 Å². The maximum atomic E-state index is 10.4. The van der Waals surface area contributed by atoms with Crippen molar-refractivity contribution in [3.8, 4) is 5.75 Å². The van der Waals surface area contributed by atoms with Crippen molar-refractivity contribution in [3.05, 3.63) is 36.0 Å². The summed E-state index contributed by atoms with van der Waals surface area (Å²) in [6.45, 7) is 1.19. The molecule has 0 radical (unpaired) electrons. The van der Waals surface area contributed by atoms with Crippen LogP contribution in [0.4, 0.5) is 0 Å². The fraction of sp³-hybridized carbons (Fsp3) is 0.429. The van der Waals surface area contributed by atoms with E-state index in [1.54, 1.807) is 11.8 Å². The molecular formula is C14H15N3O3S. The van der Waals surface area contributed by atoms with E-state index >= 15 is 0 Å². The van der Waals surface area contributed by atoms with Gasteiger partial charge in [-0.1, -0.05) is 17.3 Å². The predicted molar refractivity (Wildman–Crippen MR) is 76.2 cm³/mol. The van der Waals surface area contributed by atoms with Crippen molar-refractivity contribution in [2.24, 2.45) is 0 Å². The number of ether oxygens (including phenoxy) is 1. The number of β-amino-alcohol motifs (C(OH)–C–C–N with tert-alkyl or cyclic N) is 1. The summed E-state index contributed by atoms with van der Waals surface area (Å²) in [7, 11) is 0. The highest BCUT2D eigenvalue weighted by molar-refractivity contribution is 7.99. The minimum absolute atomic E-state index is 0.250. The Kier molecular flexibility index (Phi) is 3.13. The number of para-hydroxylation sites is 1. The highest BCUT2D eigenvalue weighted by Gasteiger charge is 2.39. The Labute approximate surface area is 125 Å². The number of rotatable bonds is 2. The number of hydrogen-bond acceptors (Lipinski definition) is 7. The second-order valence-electron chi connectivity index (χ2n) is 5.28. The fourth-order valence-electron chi connectivity index (χ4n) is 2.56. The molecule has 21 heavy (non-hydrogen) atoms. The third-order valence-corrected chi connectivity index (χ3v) is 4.89. The van der Waals surface area contributed by atoms with E-state index in [9.17, 15) is 5.11 Å². The summed E-state index contributed by atoms with van der Waals surface area (Å²) >= 11 is 1.71. The van der Waals surface area contributed by atoms with Gasteiger partial charge < -0.3 is 19.7 Å². The van der Waals surface area contributed by atoms with Gasteiger partial charge in [-0.25, -0.2) is 0 Å². The summed E-state index contributed by atoms with van der Waals surface area (Å²) in [6.07, 6.45) is 0.331. The zero-order valence-electron chi connectivity index (χ0n) is 11.3. The lowest BCUT2D eigenvalue weighted by Crippen LogP contribution is -2.29. The molecule has 4 rings (SSSR count). The van der Waals surface area contributed by atoms with Crippen LogP contribution in [-0.2, 0) is 5.60 Å². The fourth-order valence-corrected chi connectivity index (χ4v) is 3.54. The molecule has 2 aromatic rings. The summed E-state index contributed by atoms with van der Waals surface area (Å²) < 4.78 is 11.2. The van der Waals surface area contributed by atoms with Crippen molar-refractivity contribution in [2.75, 3.05) is 18.8 Å². The van der Waals surface area contributed by atoms with Crippen LogP contribution in [0.3, 0.4) is 0 Å². The highest BCUT2D eigenvalue weighted by Crippen LogP contribution is 2.39. The molecule has 1 aromatic carbocycles. The van der Waals surface area contributed by atoms with Gasteiger partial charge in [-0.3, -0.25) is 0 Å². The van der Waals surface area contributed by atoms with Crippen molar-refractivity contribution >= 4 is 11.8 Å². The van der Waals surface area contributed by atoms with Gasteiger partial charge in [-0.05, 0) is 25.1 Å². The zero-order chi connectivity index (χ0) is 14.3. The average Bonchev–Trinajstić information content (AvgIpc) is 3.17. The van der Waals surface area contributed by atoms with Crippen LogP contribution < -0.4 is 10.1 Å². The third kappa shape index (κ3) is 2.31. The van der Waals surface area contributed by atoms with Crippen molar-refractivity contribution in [1.82, 2.24) is 15.5 Å². The largest absolute Gasteiger partial charge is 0.480 e. The van der Waals surface area contributed by atoms with Gasteiger partial charge in [-0.15, -0.1) is 11.8 Å². The smallest absolute Gasteiger partial charge is 0.260 e. The van der Waals surface area contributed by atoms with E-state index < -0.39 is 5.60 Å². The van der Waals surface area contributed by atoms with E-state index in [0.717, 1.165) is 22.9 Å². The molecule has 0 bridgehead atoms. The summed E-state index contributed by atoms with van der Waals surface area (Å²) in [5.41, 5.74) is -1.05. The Morgan fingerprint density at radius 3 is 3.14 bits per heavy atom. The molecule has 2 atom stereocenters. The van der Waals surface area contributed by atoms with Crippen LogP contribution in [0.5, 0.6) is 5.75 Å². The van der Waals surface area contributed by atoms with E-state index in [-0.39, 0.29) is 12.0 Å². The molecule has 2 aliphatic heterocycles. The van der Waals surface area contributed by atoms with Crippen molar-refractivity contribution in [1.29, 1.82) is 0 Å². The molecule has 0 saturated carbocycles. The maximum Gasteiger partial charge on any atom is 0.260 e. The number of nitrogens with zero attached hydrogens (tertiary/aromatic N) is 2. The first-order valence-corrected chi connectivity index (χ1v) is 7.89. The molecule has 0 spiro atoms. The quantitative estimate of drug-likeness (QED) is 0.869. The number of aromatic nitrogens is 2. The first kappa shape index (κ1) is 13.1. The molecule has 3 heterocycles. The lowest BCUT2D eigenvalue weighted by molar-refractivity contribution is 0.0242. The van der Waals surface area contributed by atoms with Gasteiger partial charge in [0.05, 0.1) is 0 Å². The Bertz CT molecular complexity index is 654. The standard InChI is InChI=1S/C14H15N3O3S/c18-14(5-6-15-8-14)13-16-12(17-20-13)10-7-21-11-4-2-1-3-9(11)19-10/h1-4,10,15,18H,5-8H2. The topological polar surface area (TPSA) is 80.4 Å². The van der Waals surface area contributed by atoms with Gasteiger partial charge in [0, 0.05) is 17.2 Å². The monoisotopic (exact) mass is 305 g/mol. The van der Waals surface area contributed by atoms with Crippen LogP contribution in [0, 0.1) is 0 Å². The summed E-state index contributed by atoms with van der Waals surface area (Å²) in [6, 6.07) is 7.90. The molecule has 1 saturated heterocycles. The molecule has 7 heteroatoms. The number of benzene rings is 1. The SMILES string of the molecule is OC1(c2nc(C3CSc4ccccc4O3)no2)CCNC1. The van der Waals surface area contributed by atoms with Crippen LogP contribution in [0.15, 0.2) is 33.7 Å². The summed E-state index contributed by atoms with van der Waals surface area (Å²) in [5, 5.41) is 17.5. The molecule has 2 aliphatic rings. The van der Waals surface area contributed by atoms with Crippen molar-refractivity contribution in [3.63, 3.8) is 0 Å². The Morgan fingerprint density at radius 2 is 2.29 bits per heavy atom. The number of fused-ring (bicyclic) bond motifs is 1. The van der Waals surface area contributed by atoms with Gasteiger partial charge in [0.15, 0.2) is 11.7 Å². The second-order valence-corrected chi connectivity index (χ2v) is 6.34. The predicted octanol–water partition coefficient (Wildman–Crippen LogP) is 1.48. The van der Waals surface area contributed by atoms with Crippen LogP contribution in [0.1, 0.15) is 24.2 Å². The van der Waals surface area contributed by atoms with Crippen molar-refractivity contribution < 1.29 is 14.4 Å². The Balaban J connectivity index is 1.57. The molecule has 2 unspecified atom stereocenters. The first-order chi connectivity index (χ1) is 10.2. The molecule has 2 N–H and O–H groups in total.